The van der Waals surface area contributed by atoms with Crippen molar-refractivity contribution in [3.63, 3.8) is 0 Å². The molecule has 0 aliphatic heterocycles. The normalized spacial score (nSPS) is 23.9. The lowest BCUT2D eigenvalue weighted by atomic mass is 9.76. The van der Waals surface area contributed by atoms with Crippen molar-refractivity contribution in [3.05, 3.63) is 35.1 Å². The van der Waals surface area contributed by atoms with Crippen LogP contribution in [0.15, 0.2) is 18.2 Å². The van der Waals surface area contributed by atoms with E-state index in [1.807, 2.05) is 13.0 Å². The number of rotatable bonds is 3. The molecule has 0 bridgehead atoms. The number of hydrogen-bond donors (Lipinski definition) is 1. The molecule has 0 amide bonds. The van der Waals surface area contributed by atoms with Gasteiger partial charge >= 0.3 is 5.97 Å². The SMILES string of the molecule is Cc1cccc(F)c1C1CCC(CC(=O)O)CC1. The van der Waals surface area contributed by atoms with E-state index in [1.165, 1.54) is 6.07 Å². The fraction of sp³-hybridized carbons (Fsp3) is 0.533. The maximum Gasteiger partial charge on any atom is 0.303 e. The third-order valence-corrected chi connectivity index (χ3v) is 3.99. The van der Waals surface area contributed by atoms with Crippen LogP contribution in [0.4, 0.5) is 4.39 Å². The van der Waals surface area contributed by atoms with E-state index in [4.69, 9.17) is 5.11 Å². The van der Waals surface area contributed by atoms with E-state index < -0.39 is 5.97 Å². The standard InChI is InChI=1S/C15H19FO2/c1-10-3-2-4-13(16)15(10)12-7-5-11(6-8-12)9-14(17)18/h2-4,11-12H,5-9H2,1H3,(H,17,18). The lowest BCUT2D eigenvalue weighted by molar-refractivity contribution is -0.138. The molecule has 0 heterocycles. The fourth-order valence-corrected chi connectivity index (χ4v) is 3.06. The van der Waals surface area contributed by atoms with Gasteiger partial charge in [0.25, 0.3) is 0 Å². The van der Waals surface area contributed by atoms with E-state index in [1.54, 1.807) is 6.07 Å². The zero-order valence-electron chi connectivity index (χ0n) is 10.7. The molecule has 2 rings (SSSR count). The number of carboxylic acids is 1. The summed E-state index contributed by atoms with van der Waals surface area (Å²) >= 11 is 0. The van der Waals surface area contributed by atoms with Gasteiger partial charge in [-0.15, -0.1) is 0 Å². The lowest BCUT2D eigenvalue weighted by Gasteiger charge is -2.29. The van der Waals surface area contributed by atoms with Crippen molar-refractivity contribution in [1.82, 2.24) is 0 Å². The van der Waals surface area contributed by atoms with Gasteiger partial charge < -0.3 is 5.11 Å². The summed E-state index contributed by atoms with van der Waals surface area (Å²) in [5.74, 6) is -0.306. The second-order valence-corrected chi connectivity index (χ2v) is 5.29. The molecule has 1 aromatic carbocycles. The molecule has 18 heavy (non-hydrogen) atoms. The summed E-state index contributed by atoms with van der Waals surface area (Å²) in [6.45, 7) is 1.95. The molecule has 0 atom stereocenters. The van der Waals surface area contributed by atoms with Gasteiger partial charge in [-0.25, -0.2) is 4.39 Å². The van der Waals surface area contributed by atoms with Crippen LogP contribution in [-0.4, -0.2) is 11.1 Å². The van der Waals surface area contributed by atoms with Crippen LogP contribution >= 0.6 is 0 Å². The van der Waals surface area contributed by atoms with Crippen LogP contribution in [0.3, 0.4) is 0 Å². The number of halogens is 1. The molecule has 0 unspecified atom stereocenters. The van der Waals surface area contributed by atoms with Crippen LogP contribution in [0.25, 0.3) is 0 Å². The monoisotopic (exact) mass is 250 g/mol. The molecule has 0 aromatic heterocycles. The van der Waals surface area contributed by atoms with Crippen LogP contribution < -0.4 is 0 Å². The number of hydrogen-bond acceptors (Lipinski definition) is 1. The molecule has 1 aromatic rings. The fourth-order valence-electron chi connectivity index (χ4n) is 3.06. The summed E-state index contributed by atoms with van der Waals surface area (Å²) < 4.78 is 13.8. The Kier molecular flexibility index (Phi) is 4.00. The molecule has 2 nitrogen and oxygen atoms in total. The van der Waals surface area contributed by atoms with Gasteiger partial charge in [-0.05, 0) is 61.6 Å². The van der Waals surface area contributed by atoms with Crippen molar-refractivity contribution in [2.24, 2.45) is 5.92 Å². The molecule has 1 saturated carbocycles. The molecule has 0 saturated heterocycles. The predicted molar refractivity (Wildman–Crippen MR) is 68.1 cm³/mol. The number of aryl methyl sites for hydroxylation is 1. The first kappa shape index (κ1) is 13.1. The Bertz CT molecular complexity index is 414. The van der Waals surface area contributed by atoms with Gasteiger partial charge in [-0.2, -0.15) is 0 Å². The molecular formula is C15H19FO2. The molecule has 0 spiro atoms. The third-order valence-electron chi connectivity index (χ3n) is 3.99. The molecule has 0 radical (unpaired) electrons. The van der Waals surface area contributed by atoms with E-state index in [9.17, 15) is 9.18 Å². The Morgan fingerprint density at radius 1 is 1.33 bits per heavy atom. The zero-order chi connectivity index (χ0) is 13.1. The highest BCUT2D eigenvalue weighted by atomic mass is 19.1. The number of benzene rings is 1. The summed E-state index contributed by atoms with van der Waals surface area (Å²) in [6.07, 6.45) is 3.85. The Morgan fingerprint density at radius 3 is 2.56 bits per heavy atom. The quantitative estimate of drug-likeness (QED) is 0.883. The van der Waals surface area contributed by atoms with Crippen molar-refractivity contribution < 1.29 is 14.3 Å². The first-order chi connectivity index (χ1) is 8.58. The van der Waals surface area contributed by atoms with Crippen LogP contribution in [0.2, 0.25) is 0 Å². The van der Waals surface area contributed by atoms with E-state index in [0.29, 0.717) is 0 Å². The highest BCUT2D eigenvalue weighted by molar-refractivity contribution is 5.67. The third kappa shape index (κ3) is 2.89. The van der Waals surface area contributed by atoms with Gasteiger partial charge in [0.15, 0.2) is 0 Å². The minimum atomic E-state index is -0.722. The Morgan fingerprint density at radius 2 is 2.00 bits per heavy atom. The topological polar surface area (TPSA) is 37.3 Å². The van der Waals surface area contributed by atoms with Crippen molar-refractivity contribution in [2.75, 3.05) is 0 Å². The summed E-state index contributed by atoms with van der Waals surface area (Å²) in [5.41, 5.74) is 1.85. The number of carboxylic acid groups (broad SMARTS) is 1. The molecule has 1 aliphatic rings. The van der Waals surface area contributed by atoms with Gasteiger partial charge in [-0.1, -0.05) is 12.1 Å². The van der Waals surface area contributed by atoms with Gasteiger partial charge in [0.2, 0.25) is 0 Å². The summed E-state index contributed by atoms with van der Waals surface area (Å²) in [7, 11) is 0. The highest BCUT2D eigenvalue weighted by Crippen LogP contribution is 2.39. The number of carbonyl (C=O) groups is 1. The molecule has 1 N–H and O–H groups in total. The predicted octanol–water partition coefficient (Wildman–Crippen LogP) is 3.88. The Labute approximate surface area is 107 Å². The molecule has 1 fully saturated rings. The minimum absolute atomic E-state index is 0.114. The van der Waals surface area contributed by atoms with Gasteiger partial charge in [0.05, 0.1) is 0 Å². The molecule has 98 valence electrons. The van der Waals surface area contributed by atoms with Crippen LogP contribution in [0, 0.1) is 18.7 Å². The smallest absolute Gasteiger partial charge is 0.303 e. The molecular weight excluding hydrogens is 231 g/mol. The zero-order valence-corrected chi connectivity index (χ0v) is 10.7. The van der Waals surface area contributed by atoms with Crippen LogP contribution in [0.1, 0.15) is 49.1 Å². The van der Waals surface area contributed by atoms with Crippen molar-refractivity contribution in [1.29, 1.82) is 0 Å². The minimum Gasteiger partial charge on any atom is -0.481 e. The summed E-state index contributed by atoms with van der Waals surface area (Å²) in [4.78, 5) is 10.7. The summed E-state index contributed by atoms with van der Waals surface area (Å²) in [5, 5.41) is 8.78. The van der Waals surface area contributed by atoms with Gasteiger partial charge in [-0.3, -0.25) is 4.79 Å². The molecule has 3 heteroatoms. The van der Waals surface area contributed by atoms with Crippen molar-refractivity contribution in [2.45, 2.75) is 44.9 Å². The van der Waals surface area contributed by atoms with E-state index in [-0.39, 0.29) is 24.1 Å². The van der Waals surface area contributed by atoms with Crippen molar-refractivity contribution in [3.8, 4) is 0 Å². The Hall–Kier alpha value is -1.38. The first-order valence-electron chi connectivity index (χ1n) is 6.54. The maximum absolute atomic E-state index is 13.8. The van der Waals surface area contributed by atoms with Gasteiger partial charge in [0, 0.05) is 6.42 Å². The van der Waals surface area contributed by atoms with E-state index in [2.05, 4.69) is 0 Å². The first-order valence-corrected chi connectivity index (χ1v) is 6.54. The Balaban J connectivity index is 2.03. The van der Waals surface area contributed by atoms with Crippen molar-refractivity contribution >= 4 is 5.97 Å². The van der Waals surface area contributed by atoms with Crippen LogP contribution in [-0.2, 0) is 4.79 Å². The second kappa shape index (κ2) is 5.51. The average molecular weight is 250 g/mol. The summed E-state index contributed by atoms with van der Waals surface area (Å²) in [6, 6.07) is 5.21. The maximum atomic E-state index is 13.8. The lowest BCUT2D eigenvalue weighted by Crippen LogP contribution is -2.17. The molecule has 1 aliphatic carbocycles. The van der Waals surface area contributed by atoms with E-state index in [0.717, 1.165) is 36.8 Å². The average Bonchev–Trinajstić information content (AvgIpc) is 2.30. The van der Waals surface area contributed by atoms with Gasteiger partial charge in [0.1, 0.15) is 5.82 Å². The van der Waals surface area contributed by atoms with Crippen LogP contribution in [0.5, 0.6) is 0 Å². The number of aliphatic carboxylic acids is 1. The second-order valence-electron chi connectivity index (χ2n) is 5.29. The van der Waals surface area contributed by atoms with E-state index >= 15 is 0 Å². The highest BCUT2D eigenvalue weighted by Gasteiger charge is 2.26. The largest absolute Gasteiger partial charge is 0.481 e.